The largest absolute Gasteiger partial charge is 0.487 e. The molecule has 2 aromatic carbocycles. The quantitative estimate of drug-likeness (QED) is 0.881. The predicted octanol–water partition coefficient (Wildman–Crippen LogP) is 4.43. The second-order valence-electron chi connectivity index (χ2n) is 4.26. The summed E-state index contributed by atoms with van der Waals surface area (Å²) in [6.07, 6.45) is 0. The van der Waals surface area contributed by atoms with E-state index < -0.39 is 5.82 Å². The molecule has 0 saturated carbocycles. The molecule has 0 atom stereocenters. The van der Waals surface area contributed by atoms with Crippen LogP contribution < -0.4 is 10.1 Å². The summed E-state index contributed by atoms with van der Waals surface area (Å²) in [7, 11) is 1.84. The van der Waals surface area contributed by atoms with Gasteiger partial charge < -0.3 is 10.1 Å². The highest BCUT2D eigenvalue weighted by Crippen LogP contribution is 2.30. The molecule has 2 rings (SSSR count). The minimum atomic E-state index is -0.456. The van der Waals surface area contributed by atoms with Crippen molar-refractivity contribution in [2.24, 2.45) is 0 Å². The van der Waals surface area contributed by atoms with Crippen LogP contribution in [0.15, 0.2) is 36.4 Å². The lowest BCUT2D eigenvalue weighted by molar-refractivity contribution is 0.302. The van der Waals surface area contributed by atoms with E-state index in [9.17, 15) is 4.39 Å². The lowest BCUT2D eigenvalue weighted by Crippen LogP contribution is -2.08. The molecule has 0 bridgehead atoms. The van der Waals surface area contributed by atoms with Crippen LogP contribution in [0.2, 0.25) is 10.0 Å². The van der Waals surface area contributed by atoms with Crippen LogP contribution in [-0.4, -0.2) is 7.05 Å². The smallest absolute Gasteiger partial charge is 0.142 e. The van der Waals surface area contributed by atoms with Crippen molar-refractivity contribution in [1.82, 2.24) is 5.32 Å². The van der Waals surface area contributed by atoms with E-state index in [2.05, 4.69) is 5.32 Å². The van der Waals surface area contributed by atoms with Gasteiger partial charge in [-0.15, -0.1) is 0 Å². The third kappa shape index (κ3) is 3.42. The van der Waals surface area contributed by atoms with Crippen molar-refractivity contribution in [3.8, 4) is 5.75 Å². The van der Waals surface area contributed by atoms with E-state index in [4.69, 9.17) is 27.9 Å². The molecule has 2 aromatic rings. The number of halogens is 3. The lowest BCUT2D eigenvalue weighted by Gasteiger charge is -2.13. The number of nitrogens with one attached hydrogen (secondary N) is 1. The van der Waals surface area contributed by atoms with Crippen LogP contribution in [0.5, 0.6) is 5.75 Å². The molecule has 0 aliphatic heterocycles. The number of hydrogen-bond acceptors (Lipinski definition) is 2. The molecule has 0 spiro atoms. The summed E-state index contributed by atoms with van der Waals surface area (Å²) in [5.41, 5.74) is 1.52. The van der Waals surface area contributed by atoms with Crippen molar-refractivity contribution in [2.45, 2.75) is 13.2 Å². The highest BCUT2D eigenvalue weighted by Gasteiger charge is 2.10. The van der Waals surface area contributed by atoms with E-state index >= 15 is 0 Å². The van der Waals surface area contributed by atoms with Gasteiger partial charge in [-0.3, -0.25) is 0 Å². The Balaban J connectivity index is 2.20. The Hall–Kier alpha value is -1.29. The lowest BCUT2D eigenvalue weighted by atomic mass is 10.2. The summed E-state index contributed by atoms with van der Waals surface area (Å²) in [5.74, 6) is 0.131. The summed E-state index contributed by atoms with van der Waals surface area (Å²) >= 11 is 12.0. The fourth-order valence-electron chi connectivity index (χ4n) is 1.85. The first kappa shape index (κ1) is 15.1. The topological polar surface area (TPSA) is 21.3 Å². The number of benzene rings is 2. The van der Waals surface area contributed by atoms with Gasteiger partial charge in [-0.2, -0.15) is 0 Å². The van der Waals surface area contributed by atoms with E-state index in [-0.39, 0.29) is 11.6 Å². The molecular formula is C15H14Cl2FNO. The Labute approximate surface area is 127 Å². The fraction of sp³-hybridized carbons (Fsp3) is 0.200. The molecule has 1 N–H and O–H groups in total. The zero-order valence-corrected chi connectivity index (χ0v) is 12.4. The van der Waals surface area contributed by atoms with Crippen molar-refractivity contribution >= 4 is 23.2 Å². The van der Waals surface area contributed by atoms with Gasteiger partial charge in [0.25, 0.3) is 0 Å². The SMILES string of the molecule is CNCc1cccc(Cl)c1OCc1cccc(F)c1Cl. The summed E-state index contributed by atoms with van der Waals surface area (Å²) in [5, 5.41) is 3.64. The van der Waals surface area contributed by atoms with Gasteiger partial charge in [0.05, 0.1) is 10.0 Å². The van der Waals surface area contributed by atoms with Gasteiger partial charge in [-0.05, 0) is 19.2 Å². The van der Waals surface area contributed by atoms with Gasteiger partial charge >= 0.3 is 0 Å². The van der Waals surface area contributed by atoms with Crippen molar-refractivity contribution < 1.29 is 9.13 Å². The minimum Gasteiger partial charge on any atom is -0.487 e. The summed E-state index contributed by atoms with van der Waals surface area (Å²) in [6, 6.07) is 10.2. The van der Waals surface area contributed by atoms with Crippen LogP contribution in [0.3, 0.4) is 0 Å². The zero-order chi connectivity index (χ0) is 14.5. The Bertz CT molecular complexity index is 604. The second kappa shape index (κ2) is 6.93. The number of hydrogen-bond donors (Lipinski definition) is 1. The molecule has 0 unspecified atom stereocenters. The van der Waals surface area contributed by atoms with Crippen LogP contribution in [0.25, 0.3) is 0 Å². The monoisotopic (exact) mass is 313 g/mol. The van der Waals surface area contributed by atoms with Crippen LogP contribution >= 0.6 is 23.2 Å². The van der Waals surface area contributed by atoms with Crippen molar-refractivity contribution in [2.75, 3.05) is 7.05 Å². The van der Waals surface area contributed by atoms with E-state index in [1.807, 2.05) is 19.2 Å². The Morgan fingerprint density at radius 2 is 1.80 bits per heavy atom. The zero-order valence-electron chi connectivity index (χ0n) is 10.9. The van der Waals surface area contributed by atoms with E-state index in [1.165, 1.54) is 6.07 Å². The minimum absolute atomic E-state index is 0.0784. The molecule has 0 aliphatic rings. The van der Waals surface area contributed by atoms with Crippen LogP contribution in [-0.2, 0) is 13.2 Å². The predicted molar refractivity (Wildman–Crippen MR) is 80.0 cm³/mol. The molecule has 106 valence electrons. The summed E-state index contributed by atoms with van der Waals surface area (Å²) in [4.78, 5) is 0. The molecule has 0 amide bonds. The molecule has 0 aliphatic carbocycles. The van der Waals surface area contributed by atoms with Gasteiger partial charge in [0.1, 0.15) is 18.2 Å². The van der Waals surface area contributed by atoms with Crippen LogP contribution in [0.1, 0.15) is 11.1 Å². The van der Waals surface area contributed by atoms with Gasteiger partial charge in [0, 0.05) is 17.7 Å². The number of rotatable bonds is 5. The Kier molecular flexibility index (Phi) is 5.24. The van der Waals surface area contributed by atoms with E-state index in [0.29, 0.717) is 22.9 Å². The highest BCUT2D eigenvalue weighted by atomic mass is 35.5. The van der Waals surface area contributed by atoms with Crippen molar-refractivity contribution in [1.29, 1.82) is 0 Å². The molecule has 2 nitrogen and oxygen atoms in total. The Morgan fingerprint density at radius 3 is 2.55 bits per heavy atom. The first-order valence-electron chi connectivity index (χ1n) is 6.11. The molecule has 20 heavy (non-hydrogen) atoms. The number of para-hydroxylation sites is 1. The maximum atomic E-state index is 13.4. The van der Waals surface area contributed by atoms with Crippen molar-refractivity contribution in [3.63, 3.8) is 0 Å². The fourth-order valence-corrected chi connectivity index (χ4v) is 2.28. The van der Waals surface area contributed by atoms with Gasteiger partial charge in [-0.25, -0.2) is 4.39 Å². The maximum Gasteiger partial charge on any atom is 0.142 e. The molecule has 0 fully saturated rings. The average molecular weight is 314 g/mol. The maximum absolute atomic E-state index is 13.4. The summed E-state index contributed by atoms with van der Waals surface area (Å²) < 4.78 is 19.1. The molecule has 0 radical (unpaired) electrons. The molecule has 0 aromatic heterocycles. The van der Waals surface area contributed by atoms with Gasteiger partial charge in [0.2, 0.25) is 0 Å². The molecule has 5 heteroatoms. The van der Waals surface area contributed by atoms with E-state index in [0.717, 1.165) is 5.56 Å². The molecular weight excluding hydrogens is 300 g/mol. The first-order chi connectivity index (χ1) is 9.63. The van der Waals surface area contributed by atoms with Gasteiger partial charge in [0.15, 0.2) is 0 Å². The van der Waals surface area contributed by atoms with Crippen LogP contribution in [0, 0.1) is 5.82 Å². The average Bonchev–Trinajstić information content (AvgIpc) is 2.43. The third-order valence-corrected chi connectivity index (χ3v) is 3.54. The normalized spacial score (nSPS) is 10.6. The standard InChI is InChI=1S/C15H14Cl2FNO/c1-19-8-10-4-2-6-12(16)15(10)20-9-11-5-3-7-13(18)14(11)17/h2-7,19H,8-9H2,1H3. The van der Waals surface area contributed by atoms with Crippen molar-refractivity contribution in [3.05, 3.63) is 63.4 Å². The second-order valence-corrected chi connectivity index (χ2v) is 5.05. The first-order valence-corrected chi connectivity index (χ1v) is 6.86. The highest BCUT2D eigenvalue weighted by molar-refractivity contribution is 6.32. The Morgan fingerprint density at radius 1 is 1.10 bits per heavy atom. The summed E-state index contributed by atoms with van der Waals surface area (Å²) in [6.45, 7) is 0.795. The van der Waals surface area contributed by atoms with Crippen LogP contribution in [0.4, 0.5) is 4.39 Å². The third-order valence-electron chi connectivity index (χ3n) is 2.82. The van der Waals surface area contributed by atoms with E-state index in [1.54, 1.807) is 18.2 Å². The molecule has 0 saturated heterocycles. The van der Waals surface area contributed by atoms with Gasteiger partial charge in [-0.1, -0.05) is 47.5 Å². The number of ether oxygens (including phenoxy) is 1. The molecule has 0 heterocycles.